The number of hydrogen-bond acceptors (Lipinski definition) is 15. The molecule has 38 heavy (non-hydrogen) atoms. The van der Waals surface area contributed by atoms with E-state index >= 15 is 0 Å². The lowest BCUT2D eigenvalue weighted by Gasteiger charge is -2.47. The van der Waals surface area contributed by atoms with Crippen LogP contribution in [-0.4, -0.2) is 103 Å². The Bertz CT molecular complexity index is 934. The van der Waals surface area contributed by atoms with Crippen LogP contribution in [0.5, 0.6) is 0 Å². The second kappa shape index (κ2) is 14.2. The van der Waals surface area contributed by atoms with Gasteiger partial charge in [-0.3, -0.25) is 28.8 Å². The third-order valence-corrected chi connectivity index (χ3v) is 4.87. The average molecular weight is 549 g/mol. The van der Waals surface area contributed by atoms with Crippen molar-refractivity contribution < 1.29 is 71.8 Å². The van der Waals surface area contributed by atoms with E-state index in [1.807, 2.05) is 0 Å². The van der Waals surface area contributed by atoms with Crippen molar-refractivity contribution >= 4 is 41.7 Å². The first-order valence-electron chi connectivity index (χ1n) is 11.2. The minimum absolute atomic E-state index is 0.685. The third-order valence-electron chi connectivity index (χ3n) is 4.87. The SMILES string of the molecule is COC(=O)[C@]1(OC(C)=O)C[C@H](O)[C@@H](NC(=O)COC(C)=O)[C@H]([C@H](OC(C)=O)[C@@H](COC(C)=O)OC(C)=O)O1. The highest BCUT2D eigenvalue weighted by atomic mass is 16.8. The Hall–Kier alpha value is -3.79. The van der Waals surface area contributed by atoms with Gasteiger partial charge in [-0.05, 0) is 0 Å². The van der Waals surface area contributed by atoms with Gasteiger partial charge in [0.05, 0.1) is 25.7 Å². The van der Waals surface area contributed by atoms with Crippen LogP contribution < -0.4 is 5.32 Å². The van der Waals surface area contributed by atoms with Gasteiger partial charge in [0.25, 0.3) is 5.91 Å². The molecule has 1 aliphatic heterocycles. The lowest BCUT2D eigenvalue weighted by atomic mass is 9.88. The molecule has 214 valence electrons. The van der Waals surface area contributed by atoms with Crippen LogP contribution in [0, 0.1) is 0 Å². The van der Waals surface area contributed by atoms with E-state index in [1.54, 1.807) is 0 Å². The van der Waals surface area contributed by atoms with E-state index in [4.69, 9.17) is 23.7 Å². The van der Waals surface area contributed by atoms with Gasteiger partial charge in [0.2, 0.25) is 0 Å². The zero-order valence-corrected chi connectivity index (χ0v) is 21.7. The van der Waals surface area contributed by atoms with Gasteiger partial charge in [-0.2, -0.15) is 0 Å². The molecule has 0 saturated carbocycles. The number of aliphatic hydroxyl groups excluding tert-OH is 1. The van der Waals surface area contributed by atoms with Crippen LogP contribution in [0.1, 0.15) is 41.0 Å². The molecule has 1 amide bonds. The second-order valence-electron chi connectivity index (χ2n) is 8.09. The fourth-order valence-electron chi connectivity index (χ4n) is 3.59. The van der Waals surface area contributed by atoms with Crippen molar-refractivity contribution in [2.45, 2.75) is 77.3 Å². The Morgan fingerprint density at radius 3 is 1.95 bits per heavy atom. The Morgan fingerprint density at radius 2 is 1.47 bits per heavy atom. The molecule has 1 fully saturated rings. The molecule has 0 radical (unpaired) electrons. The van der Waals surface area contributed by atoms with E-state index < -0.39 is 97.6 Å². The molecule has 2 N–H and O–H groups in total. The standard InChI is InChI=1S/C22H31NO15/c1-10(24)33-8-16(35-12(3)26)19(36-13(4)27)20-18(23-17(30)9-34-11(2)25)15(29)7-22(38-20,21(31)32-6)37-14(5)28/h15-16,18-20,29H,7-9H2,1-6H3,(H,23,30)/t15-,16+,18+,19+,20+,22-/m0/s1. The van der Waals surface area contributed by atoms with E-state index in [2.05, 4.69) is 14.8 Å². The van der Waals surface area contributed by atoms with Crippen LogP contribution in [0.15, 0.2) is 0 Å². The second-order valence-corrected chi connectivity index (χ2v) is 8.09. The summed E-state index contributed by atoms with van der Waals surface area (Å²) in [4.78, 5) is 83.4. The van der Waals surface area contributed by atoms with E-state index in [0.717, 1.165) is 41.7 Å². The Balaban J connectivity index is 3.66. The maximum atomic E-state index is 12.7. The van der Waals surface area contributed by atoms with Crippen molar-refractivity contribution in [2.24, 2.45) is 0 Å². The number of aliphatic hydroxyl groups is 1. The number of esters is 6. The van der Waals surface area contributed by atoms with Crippen molar-refractivity contribution in [1.82, 2.24) is 5.32 Å². The lowest BCUT2D eigenvalue weighted by molar-refractivity contribution is -0.303. The summed E-state index contributed by atoms with van der Waals surface area (Å²) in [7, 11) is 0.942. The number of carbonyl (C=O) groups excluding carboxylic acids is 7. The van der Waals surface area contributed by atoms with E-state index in [1.165, 1.54) is 0 Å². The monoisotopic (exact) mass is 549 g/mol. The maximum absolute atomic E-state index is 12.7. The topological polar surface area (TPSA) is 216 Å². The summed E-state index contributed by atoms with van der Waals surface area (Å²) in [5, 5.41) is 13.3. The van der Waals surface area contributed by atoms with Gasteiger partial charge in [0.15, 0.2) is 18.8 Å². The van der Waals surface area contributed by atoms with Crippen LogP contribution in [0.25, 0.3) is 0 Å². The molecule has 6 atom stereocenters. The molecule has 1 aliphatic rings. The van der Waals surface area contributed by atoms with Crippen molar-refractivity contribution in [3.63, 3.8) is 0 Å². The Labute approximate surface area is 217 Å². The summed E-state index contributed by atoms with van der Waals surface area (Å²) in [6.45, 7) is 3.54. The van der Waals surface area contributed by atoms with Gasteiger partial charge in [-0.15, -0.1) is 0 Å². The first-order chi connectivity index (χ1) is 17.6. The number of amides is 1. The summed E-state index contributed by atoms with van der Waals surface area (Å²) in [6, 6.07) is -1.55. The van der Waals surface area contributed by atoms with Crippen molar-refractivity contribution in [3.8, 4) is 0 Å². The zero-order valence-electron chi connectivity index (χ0n) is 21.7. The molecule has 0 aromatic rings. The highest BCUT2D eigenvalue weighted by molar-refractivity contribution is 5.82. The van der Waals surface area contributed by atoms with E-state index in [9.17, 15) is 38.7 Å². The van der Waals surface area contributed by atoms with Crippen LogP contribution in [0.4, 0.5) is 0 Å². The summed E-state index contributed by atoms with van der Waals surface area (Å²) in [5.41, 5.74) is 0. The molecule has 0 bridgehead atoms. The van der Waals surface area contributed by atoms with Crippen LogP contribution in [0.2, 0.25) is 0 Å². The van der Waals surface area contributed by atoms with E-state index in [-0.39, 0.29) is 0 Å². The quantitative estimate of drug-likeness (QED) is 0.211. The maximum Gasteiger partial charge on any atom is 0.379 e. The molecular formula is C22H31NO15. The largest absolute Gasteiger partial charge is 0.464 e. The molecule has 0 aromatic heterocycles. The number of nitrogens with one attached hydrogen (secondary N) is 1. The van der Waals surface area contributed by atoms with Gasteiger partial charge in [-0.1, -0.05) is 0 Å². The van der Waals surface area contributed by atoms with Gasteiger partial charge < -0.3 is 43.6 Å². The lowest BCUT2D eigenvalue weighted by Crippen LogP contribution is -2.69. The Morgan fingerprint density at radius 1 is 0.895 bits per heavy atom. The van der Waals surface area contributed by atoms with Crippen molar-refractivity contribution in [1.29, 1.82) is 0 Å². The smallest absolute Gasteiger partial charge is 0.379 e. The van der Waals surface area contributed by atoms with Crippen LogP contribution >= 0.6 is 0 Å². The molecule has 0 aliphatic carbocycles. The van der Waals surface area contributed by atoms with Gasteiger partial charge >= 0.3 is 41.6 Å². The first kappa shape index (κ1) is 32.2. The highest BCUT2D eigenvalue weighted by Crippen LogP contribution is 2.35. The normalized spacial score (nSPS) is 24.0. The number of methoxy groups -OCH3 is 1. The number of hydrogen-bond donors (Lipinski definition) is 2. The first-order valence-corrected chi connectivity index (χ1v) is 11.2. The van der Waals surface area contributed by atoms with Gasteiger partial charge in [0, 0.05) is 34.6 Å². The molecule has 0 unspecified atom stereocenters. The number of carbonyl (C=O) groups is 7. The molecular weight excluding hydrogens is 518 g/mol. The number of ether oxygens (including phenoxy) is 7. The zero-order chi connectivity index (χ0) is 29.2. The Kier molecular flexibility index (Phi) is 12.1. The fraction of sp³-hybridized carbons (Fsp3) is 0.682. The van der Waals surface area contributed by atoms with Crippen molar-refractivity contribution in [2.75, 3.05) is 20.3 Å². The van der Waals surface area contributed by atoms with E-state index in [0.29, 0.717) is 0 Å². The molecule has 0 aromatic carbocycles. The summed E-state index contributed by atoms with van der Waals surface area (Å²) in [5.74, 6) is -9.31. The van der Waals surface area contributed by atoms with Gasteiger partial charge in [0.1, 0.15) is 12.7 Å². The molecule has 1 saturated heterocycles. The predicted octanol–water partition coefficient (Wildman–Crippen LogP) is -1.96. The van der Waals surface area contributed by atoms with Crippen LogP contribution in [-0.2, 0) is 66.7 Å². The number of rotatable bonds is 11. The molecule has 1 rings (SSSR count). The molecule has 0 spiro atoms. The summed E-state index contributed by atoms with van der Waals surface area (Å²) in [6.07, 6.45) is -7.69. The van der Waals surface area contributed by atoms with Crippen LogP contribution in [0.3, 0.4) is 0 Å². The highest BCUT2D eigenvalue weighted by Gasteiger charge is 2.59. The van der Waals surface area contributed by atoms with Crippen molar-refractivity contribution in [3.05, 3.63) is 0 Å². The molecule has 16 nitrogen and oxygen atoms in total. The predicted molar refractivity (Wildman–Crippen MR) is 118 cm³/mol. The third kappa shape index (κ3) is 9.59. The summed E-state index contributed by atoms with van der Waals surface area (Å²) >= 11 is 0. The fourth-order valence-corrected chi connectivity index (χ4v) is 3.59. The molecule has 1 heterocycles. The van der Waals surface area contributed by atoms with Gasteiger partial charge in [-0.25, -0.2) is 4.79 Å². The molecule has 16 heteroatoms. The minimum Gasteiger partial charge on any atom is -0.464 e. The average Bonchev–Trinajstić information content (AvgIpc) is 2.79. The minimum atomic E-state index is -2.59. The summed E-state index contributed by atoms with van der Waals surface area (Å²) < 4.78 is 35.5.